The summed E-state index contributed by atoms with van der Waals surface area (Å²) >= 11 is 0. The van der Waals surface area contributed by atoms with E-state index in [4.69, 9.17) is 5.73 Å². The van der Waals surface area contributed by atoms with Crippen LogP contribution in [0.15, 0.2) is 6.07 Å². The first-order valence-corrected chi connectivity index (χ1v) is 4.44. The average molecular weight is 196 g/mol. The summed E-state index contributed by atoms with van der Waals surface area (Å²) < 4.78 is 0. The summed E-state index contributed by atoms with van der Waals surface area (Å²) in [6.45, 7) is 5.70. The molecule has 0 bridgehead atoms. The van der Waals surface area contributed by atoms with Crippen molar-refractivity contribution in [1.82, 2.24) is 9.97 Å². The lowest BCUT2D eigenvalue weighted by atomic mass is 10.1. The number of aryl methyl sites for hydroxylation is 1. The summed E-state index contributed by atoms with van der Waals surface area (Å²) in [4.78, 5) is 7.92. The standard InChI is InChI=1S/C9H16N4O/c1-6-4-7(13-8(10)12-6)11-5-9(2,3)14/h4,14H,5H2,1-3H3,(H3,10,11,12,13). The third-order valence-electron chi connectivity index (χ3n) is 1.57. The summed E-state index contributed by atoms with van der Waals surface area (Å²) in [6.07, 6.45) is 0. The van der Waals surface area contributed by atoms with E-state index in [-0.39, 0.29) is 5.95 Å². The smallest absolute Gasteiger partial charge is 0.222 e. The van der Waals surface area contributed by atoms with E-state index < -0.39 is 5.60 Å². The van der Waals surface area contributed by atoms with Gasteiger partial charge in [-0.15, -0.1) is 0 Å². The third kappa shape index (κ3) is 3.57. The van der Waals surface area contributed by atoms with E-state index in [1.165, 1.54) is 0 Å². The predicted octanol–water partition coefficient (Wildman–Crippen LogP) is 0.550. The molecule has 1 rings (SSSR count). The van der Waals surface area contributed by atoms with Crippen molar-refractivity contribution in [3.63, 3.8) is 0 Å². The number of hydrogen-bond acceptors (Lipinski definition) is 5. The molecule has 1 aromatic rings. The van der Waals surface area contributed by atoms with Gasteiger partial charge in [0.2, 0.25) is 5.95 Å². The molecule has 0 saturated carbocycles. The maximum absolute atomic E-state index is 9.48. The van der Waals surface area contributed by atoms with Gasteiger partial charge in [-0.2, -0.15) is 4.98 Å². The maximum Gasteiger partial charge on any atom is 0.222 e. The highest BCUT2D eigenvalue weighted by Crippen LogP contribution is 2.09. The van der Waals surface area contributed by atoms with Crippen LogP contribution in [0.3, 0.4) is 0 Å². The lowest BCUT2D eigenvalue weighted by molar-refractivity contribution is 0.0944. The van der Waals surface area contributed by atoms with E-state index >= 15 is 0 Å². The Labute approximate surface area is 83.4 Å². The molecule has 0 amide bonds. The predicted molar refractivity (Wildman–Crippen MR) is 56.0 cm³/mol. The SMILES string of the molecule is Cc1cc(NCC(C)(C)O)nc(N)n1. The van der Waals surface area contributed by atoms with E-state index in [2.05, 4.69) is 15.3 Å². The molecule has 0 aliphatic rings. The van der Waals surface area contributed by atoms with Crippen LogP contribution in [0.2, 0.25) is 0 Å². The Balaban J connectivity index is 2.68. The second-order valence-corrected chi connectivity index (χ2v) is 3.92. The quantitative estimate of drug-likeness (QED) is 0.657. The highest BCUT2D eigenvalue weighted by molar-refractivity contribution is 5.40. The summed E-state index contributed by atoms with van der Waals surface area (Å²) in [6, 6.07) is 1.78. The Kier molecular flexibility index (Phi) is 2.90. The van der Waals surface area contributed by atoms with Crippen LogP contribution in [0, 0.1) is 6.92 Å². The highest BCUT2D eigenvalue weighted by Gasteiger charge is 2.12. The number of nitrogens with zero attached hydrogens (tertiary/aromatic N) is 2. The zero-order chi connectivity index (χ0) is 10.8. The van der Waals surface area contributed by atoms with Gasteiger partial charge in [0.05, 0.1) is 5.60 Å². The first kappa shape index (κ1) is 10.7. The van der Waals surface area contributed by atoms with Crippen LogP contribution in [-0.4, -0.2) is 27.2 Å². The van der Waals surface area contributed by atoms with Crippen LogP contribution in [0.25, 0.3) is 0 Å². The first-order valence-electron chi connectivity index (χ1n) is 4.44. The molecule has 0 radical (unpaired) electrons. The van der Waals surface area contributed by atoms with Crippen molar-refractivity contribution in [3.8, 4) is 0 Å². The van der Waals surface area contributed by atoms with Crippen molar-refractivity contribution >= 4 is 11.8 Å². The van der Waals surface area contributed by atoms with Gasteiger partial charge in [0.15, 0.2) is 0 Å². The van der Waals surface area contributed by atoms with Gasteiger partial charge < -0.3 is 16.2 Å². The zero-order valence-corrected chi connectivity index (χ0v) is 8.70. The van der Waals surface area contributed by atoms with Gasteiger partial charge in [-0.25, -0.2) is 4.98 Å². The number of anilines is 2. The van der Waals surface area contributed by atoms with E-state index in [1.54, 1.807) is 19.9 Å². The minimum absolute atomic E-state index is 0.239. The summed E-state index contributed by atoms with van der Waals surface area (Å²) in [5, 5.41) is 12.5. The van der Waals surface area contributed by atoms with Crippen molar-refractivity contribution in [2.24, 2.45) is 0 Å². The first-order chi connectivity index (χ1) is 6.37. The molecule has 0 aromatic carbocycles. The van der Waals surface area contributed by atoms with Crippen LogP contribution >= 0.6 is 0 Å². The minimum atomic E-state index is -0.770. The number of rotatable bonds is 3. The molecule has 4 N–H and O–H groups in total. The second-order valence-electron chi connectivity index (χ2n) is 3.92. The molecule has 5 nitrogen and oxygen atoms in total. The fraction of sp³-hybridized carbons (Fsp3) is 0.556. The van der Waals surface area contributed by atoms with Crippen LogP contribution in [0.1, 0.15) is 19.5 Å². The molecule has 14 heavy (non-hydrogen) atoms. The largest absolute Gasteiger partial charge is 0.389 e. The van der Waals surface area contributed by atoms with Crippen molar-refractivity contribution < 1.29 is 5.11 Å². The Morgan fingerprint density at radius 1 is 1.50 bits per heavy atom. The third-order valence-corrected chi connectivity index (χ3v) is 1.57. The Bertz CT molecular complexity index is 299. The number of nitrogen functional groups attached to an aromatic ring is 1. The van der Waals surface area contributed by atoms with E-state index in [9.17, 15) is 5.11 Å². The number of aromatic nitrogens is 2. The lowest BCUT2D eigenvalue weighted by Gasteiger charge is -2.18. The molecule has 5 heteroatoms. The molecule has 1 aromatic heterocycles. The molecule has 0 saturated heterocycles. The highest BCUT2D eigenvalue weighted by atomic mass is 16.3. The van der Waals surface area contributed by atoms with Gasteiger partial charge >= 0.3 is 0 Å². The molecule has 0 unspecified atom stereocenters. The fourth-order valence-corrected chi connectivity index (χ4v) is 0.989. The molecule has 0 fully saturated rings. The molecular formula is C9H16N4O. The lowest BCUT2D eigenvalue weighted by Crippen LogP contribution is -2.29. The van der Waals surface area contributed by atoms with Crippen LogP contribution < -0.4 is 11.1 Å². The van der Waals surface area contributed by atoms with Crippen molar-refractivity contribution in [1.29, 1.82) is 0 Å². The molecule has 0 aliphatic heterocycles. The second kappa shape index (κ2) is 3.79. The van der Waals surface area contributed by atoms with Crippen LogP contribution in [0.4, 0.5) is 11.8 Å². The van der Waals surface area contributed by atoms with Gasteiger partial charge in [-0.05, 0) is 20.8 Å². The topological polar surface area (TPSA) is 84.1 Å². The van der Waals surface area contributed by atoms with E-state index in [0.717, 1.165) is 5.69 Å². The Morgan fingerprint density at radius 3 is 2.64 bits per heavy atom. The average Bonchev–Trinajstić information content (AvgIpc) is 1.97. The number of hydrogen-bond donors (Lipinski definition) is 3. The van der Waals surface area contributed by atoms with Gasteiger partial charge in [-0.3, -0.25) is 0 Å². The molecule has 1 heterocycles. The van der Waals surface area contributed by atoms with Gasteiger partial charge in [0.1, 0.15) is 5.82 Å². The molecule has 0 atom stereocenters. The maximum atomic E-state index is 9.48. The van der Waals surface area contributed by atoms with Gasteiger partial charge in [0, 0.05) is 18.3 Å². The van der Waals surface area contributed by atoms with Crippen LogP contribution in [0.5, 0.6) is 0 Å². The van der Waals surface area contributed by atoms with E-state index in [0.29, 0.717) is 12.4 Å². The van der Waals surface area contributed by atoms with E-state index in [1.807, 2.05) is 6.92 Å². The fourth-order valence-electron chi connectivity index (χ4n) is 0.989. The van der Waals surface area contributed by atoms with Gasteiger partial charge in [0.25, 0.3) is 0 Å². The Morgan fingerprint density at radius 2 is 2.14 bits per heavy atom. The van der Waals surface area contributed by atoms with Crippen molar-refractivity contribution in [2.75, 3.05) is 17.6 Å². The summed E-state index contributed by atoms with van der Waals surface area (Å²) in [7, 11) is 0. The number of nitrogens with one attached hydrogen (secondary N) is 1. The number of aliphatic hydroxyl groups is 1. The van der Waals surface area contributed by atoms with Crippen molar-refractivity contribution in [2.45, 2.75) is 26.4 Å². The number of nitrogens with two attached hydrogens (primary N) is 1. The Hall–Kier alpha value is -1.36. The van der Waals surface area contributed by atoms with Crippen molar-refractivity contribution in [3.05, 3.63) is 11.8 Å². The molecular weight excluding hydrogens is 180 g/mol. The normalized spacial score (nSPS) is 11.4. The van der Waals surface area contributed by atoms with Gasteiger partial charge in [-0.1, -0.05) is 0 Å². The minimum Gasteiger partial charge on any atom is -0.389 e. The summed E-state index contributed by atoms with van der Waals surface area (Å²) in [5.41, 5.74) is 5.51. The summed E-state index contributed by atoms with van der Waals surface area (Å²) in [5.74, 6) is 0.875. The molecule has 78 valence electrons. The molecule has 0 aliphatic carbocycles. The van der Waals surface area contributed by atoms with Crippen LogP contribution in [-0.2, 0) is 0 Å². The molecule has 0 spiro atoms. The zero-order valence-electron chi connectivity index (χ0n) is 8.70. The monoisotopic (exact) mass is 196 g/mol.